The molecule has 1 aromatic heterocycles. The molecule has 1 heterocycles. The lowest BCUT2D eigenvalue weighted by molar-refractivity contribution is -0.136. The summed E-state index contributed by atoms with van der Waals surface area (Å²) >= 11 is 0. The summed E-state index contributed by atoms with van der Waals surface area (Å²) in [7, 11) is 0. The third-order valence-corrected chi connectivity index (χ3v) is 2.55. The Morgan fingerprint density at radius 2 is 2.11 bits per heavy atom. The molecule has 0 saturated heterocycles. The second kappa shape index (κ2) is 5.81. The molecule has 0 fully saturated rings. The van der Waals surface area contributed by atoms with Gasteiger partial charge in [0.2, 0.25) is 0 Å². The maximum atomic E-state index is 11.6. The van der Waals surface area contributed by atoms with Crippen LogP contribution in [0.1, 0.15) is 6.42 Å². The second-order valence-electron chi connectivity index (χ2n) is 3.93. The predicted molar refractivity (Wildman–Crippen MR) is 71.0 cm³/mol. The van der Waals surface area contributed by atoms with Crippen LogP contribution in [0.2, 0.25) is 0 Å². The van der Waals surface area contributed by atoms with Crippen molar-refractivity contribution in [2.24, 2.45) is 0 Å². The molecule has 2 rings (SSSR count). The Kier molecular flexibility index (Phi) is 3.92. The van der Waals surface area contributed by atoms with Gasteiger partial charge in [-0.05, 0) is 12.1 Å². The molecule has 0 spiro atoms. The number of carbonyl (C=O) groups is 2. The first-order chi connectivity index (χ1) is 9.16. The molecule has 0 aliphatic heterocycles. The Hall–Kier alpha value is -2.63. The normalized spacial score (nSPS) is 10.1. The van der Waals surface area contributed by atoms with Crippen molar-refractivity contribution in [2.75, 3.05) is 11.9 Å². The Morgan fingerprint density at radius 1 is 1.26 bits per heavy atom. The number of benzene rings is 1. The average molecular weight is 259 g/mol. The van der Waals surface area contributed by atoms with Crippen molar-refractivity contribution in [1.82, 2.24) is 10.3 Å². The van der Waals surface area contributed by atoms with Crippen LogP contribution in [0.15, 0.2) is 36.7 Å². The zero-order valence-electron chi connectivity index (χ0n) is 10.1. The van der Waals surface area contributed by atoms with Gasteiger partial charge in [-0.3, -0.25) is 9.78 Å². The average Bonchev–Trinajstić information content (AvgIpc) is 2.39. The molecule has 19 heavy (non-hydrogen) atoms. The van der Waals surface area contributed by atoms with E-state index in [9.17, 15) is 9.59 Å². The first-order valence-corrected chi connectivity index (χ1v) is 5.76. The zero-order valence-corrected chi connectivity index (χ0v) is 10.1. The number of amides is 2. The zero-order chi connectivity index (χ0) is 13.7. The molecule has 0 radical (unpaired) electrons. The van der Waals surface area contributed by atoms with Crippen molar-refractivity contribution in [2.45, 2.75) is 6.42 Å². The van der Waals surface area contributed by atoms with Gasteiger partial charge in [0.25, 0.3) is 0 Å². The molecule has 2 aromatic rings. The van der Waals surface area contributed by atoms with Gasteiger partial charge in [-0.25, -0.2) is 4.79 Å². The summed E-state index contributed by atoms with van der Waals surface area (Å²) in [4.78, 5) is 26.0. The van der Waals surface area contributed by atoms with E-state index in [1.165, 1.54) is 0 Å². The largest absolute Gasteiger partial charge is 0.481 e. The highest BCUT2D eigenvalue weighted by molar-refractivity contribution is 6.01. The molecule has 0 atom stereocenters. The highest BCUT2D eigenvalue weighted by Crippen LogP contribution is 2.21. The van der Waals surface area contributed by atoms with Gasteiger partial charge < -0.3 is 15.7 Å². The molecule has 0 aliphatic carbocycles. The van der Waals surface area contributed by atoms with E-state index in [4.69, 9.17) is 5.11 Å². The number of hydrogen-bond acceptors (Lipinski definition) is 3. The lowest BCUT2D eigenvalue weighted by Crippen LogP contribution is -2.30. The first kappa shape index (κ1) is 12.8. The van der Waals surface area contributed by atoms with E-state index in [-0.39, 0.29) is 13.0 Å². The molecule has 98 valence electrons. The molecule has 1 aromatic carbocycles. The fraction of sp³-hybridized carbons (Fsp3) is 0.154. The predicted octanol–water partition coefficient (Wildman–Crippen LogP) is 1.83. The monoisotopic (exact) mass is 259 g/mol. The molecule has 6 nitrogen and oxygen atoms in total. The smallest absolute Gasteiger partial charge is 0.319 e. The number of nitrogens with zero attached hydrogens (tertiary/aromatic N) is 1. The van der Waals surface area contributed by atoms with Gasteiger partial charge in [-0.2, -0.15) is 0 Å². The van der Waals surface area contributed by atoms with Gasteiger partial charge in [-0.15, -0.1) is 0 Å². The third kappa shape index (κ3) is 3.41. The number of nitrogens with one attached hydrogen (secondary N) is 2. The Bertz CT molecular complexity index is 608. The first-order valence-electron chi connectivity index (χ1n) is 5.76. The van der Waals surface area contributed by atoms with E-state index in [1.54, 1.807) is 18.5 Å². The number of urea groups is 1. The number of aliphatic carboxylic acids is 1. The maximum absolute atomic E-state index is 11.6. The van der Waals surface area contributed by atoms with Gasteiger partial charge in [0.15, 0.2) is 0 Å². The third-order valence-electron chi connectivity index (χ3n) is 2.55. The topological polar surface area (TPSA) is 91.3 Å². The van der Waals surface area contributed by atoms with Gasteiger partial charge in [-0.1, -0.05) is 12.1 Å². The molecular formula is C13H13N3O3. The van der Waals surface area contributed by atoms with Gasteiger partial charge in [0.1, 0.15) is 0 Å². The second-order valence-corrected chi connectivity index (χ2v) is 3.93. The van der Waals surface area contributed by atoms with Crippen LogP contribution in [0.5, 0.6) is 0 Å². The Morgan fingerprint density at radius 3 is 2.89 bits per heavy atom. The Balaban J connectivity index is 2.05. The van der Waals surface area contributed by atoms with Crippen LogP contribution in [0.4, 0.5) is 10.5 Å². The summed E-state index contributed by atoms with van der Waals surface area (Å²) in [6.45, 7) is 0.0908. The quantitative estimate of drug-likeness (QED) is 0.781. The van der Waals surface area contributed by atoms with E-state index in [2.05, 4.69) is 15.6 Å². The minimum absolute atomic E-state index is 0.0908. The SMILES string of the molecule is O=C(O)CCNC(=O)Nc1cccc2cnccc12. The van der Waals surface area contributed by atoms with Gasteiger partial charge in [0.05, 0.1) is 12.1 Å². The molecule has 0 unspecified atom stereocenters. The van der Waals surface area contributed by atoms with Crippen LogP contribution in [0, 0.1) is 0 Å². The molecule has 3 N–H and O–H groups in total. The number of fused-ring (bicyclic) bond motifs is 1. The lowest BCUT2D eigenvalue weighted by atomic mass is 10.1. The van der Waals surface area contributed by atoms with Crippen molar-refractivity contribution in [3.63, 3.8) is 0 Å². The Labute approximate surface area is 109 Å². The van der Waals surface area contributed by atoms with Crippen LogP contribution >= 0.6 is 0 Å². The fourth-order valence-electron chi connectivity index (χ4n) is 1.68. The van der Waals surface area contributed by atoms with Crippen LogP contribution in [0.3, 0.4) is 0 Å². The number of aromatic nitrogens is 1. The van der Waals surface area contributed by atoms with E-state index in [0.29, 0.717) is 5.69 Å². The number of anilines is 1. The molecule has 0 aliphatic rings. The molecule has 6 heteroatoms. The standard InChI is InChI=1S/C13H13N3O3/c17-12(18)5-7-15-13(19)16-11-3-1-2-9-8-14-6-4-10(9)11/h1-4,6,8H,5,7H2,(H,17,18)(H2,15,16,19). The maximum Gasteiger partial charge on any atom is 0.319 e. The van der Waals surface area contributed by atoms with Crippen molar-refractivity contribution < 1.29 is 14.7 Å². The van der Waals surface area contributed by atoms with E-state index in [1.807, 2.05) is 18.2 Å². The fourth-order valence-corrected chi connectivity index (χ4v) is 1.68. The molecule has 0 saturated carbocycles. The summed E-state index contributed by atoms with van der Waals surface area (Å²) < 4.78 is 0. The van der Waals surface area contributed by atoms with Crippen LogP contribution in [-0.2, 0) is 4.79 Å². The van der Waals surface area contributed by atoms with E-state index >= 15 is 0 Å². The van der Waals surface area contributed by atoms with E-state index < -0.39 is 12.0 Å². The number of pyridine rings is 1. The van der Waals surface area contributed by atoms with Crippen LogP contribution < -0.4 is 10.6 Å². The number of carboxylic acids is 1. The number of carboxylic acid groups (broad SMARTS) is 1. The van der Waals surface area contributed by atoms with Crippen LogP contribution in [-0.4, -0.2) is 28.6 Å². The highest BCUT2D eigenvalue weighted by atomic mass is 16.4. The molecule has 0 bridgehead atoms. The van der Waals surface area contributed by atoms with E-state index in [0.717, 1.165) is 10.8 Å². The molecular weight excluding hydrogens is 246 g/mol. The summed E-state index contributed by atoms with van der Waals surface area (Å²) in [6, 6.07) is 6.87. The van der Waals surface area contributed by atoms with Crippen molar-refractivity contribution in [3.8, 4) is 0 Å². The summed E-state index contributed by atoms with van der Waals surface area (Å²) in [6.07, 6.45) is 3.26. The number of carbonyl (C=O) groups excluding carboxylic acids is 1. The van der Waals surface area contributed by atoms with Crippen molar-refractivity contribution >= 4 is 28.5 Å². The van der Waals surface area contributed by atoms with Gasteiger partial charge in [0, 0.05) is 29.7 Å². The van der Waals surface area contributed by atoms with Crippen molar-refractivity contribution in [1.29, 1.82) is 0 Å². The number of rotatable bonds is 4. The molecule has 2 amide bonds. The minimum atomic E-state index is -0.948. The highest BCUT2D eigenvalue weighted by Gasteiger charge is 2.05. The lowest BCUT2D eigenvalue weighted by Gasteiger charge is -2.09. The summed E-state index contributed by atoms with van der Waals surface area (Å²) in [5.41, 5.74) is 0.660. The summed E-state index contributed by atoms with van der Waals surface area (Å²) in [5.74, 6) is -0.948. The van der Waals surface area contributed by atoms with Gasteiger partial charge >= 0.3 is 12.0 Å². The van der Waals surface area contributed by atoms with Crippen molar-refractivity contribution in [3.05, 3.63) is 36.7 Å². The van der Waals surface area contributed by atoms with Crippen LogP contribution in [0.25, 0.3) is 10.8 Å². The number of hydrogen-bond donors (Lipinski definition) is 3. The minimum Gasteiger partial charge on any atom is -0.481 e. The summed E-state index contributed by atoms with van der Waals surface area (Å²) in [5, 5.41) is 15.4.